The molecular formula is C8H9N3O2. The van der Waals surface area contributed by atoms with E-state index in [1.165, 1.54) is 0 Å². The van der Waals surface area contributed by atoms with Crippen molar-refractivity contribution in [2.45, 2.75) is 13.0 Å². The minimum absolute atomic E-state index is 0.291. The van der Waals surface area contributed by atoms with E-state index in [1.807, 2.05) is 6.92 Å². The Morgan fingerprint density at radius 2 is 2.31 bits per heavy atom. The van der Waals surface area contributed by atoms with Crippen LogP contribution in [0.4, 0.5) is 4.79 Å². The molecule has 1 fully saturated rings. The summed E-state index contributed by atoms with van der Waals surface area (Å²) in [5.41, 5.74) is 1.52. The molecule has 0 radical (unpaired) electrons. The van der Waals surface area contributed by atoms with E-state index in [9.17, 15) is 4.79 Å². The zero-order chi connectivity index (χ0) is 9.26. The van der Waals surface area contributed by atoms with Crippen molar-refractivity contribution in [1.82, 2.24) is 15.3 Å². The van der Waals surface area contributed by atoms with Crippen molar-refractivity contribution in [3.63, 3.8) is 0 Å². The Kier molecular flexibility index (Phi) is 1.84. The molecule has 1 aliphatic heterocycles. The third kappa shape index (κ3) is 1.44. The molecule has 68 valence electrons. The van der Waals surface area contributed by atoms with Crippen LogP contribution in [0.25, 0.3) is 0 Å². The fourth-order valence-electron chi connectivity index (χ4n) is 1.28. The first-order chi connectivity index (χ1) is 6.27. The second-order valence-electron chi connectivity index (χ2n) is 2.80. The molecule has 1 aromatic rings. The number of cyclic esters (lactones) is 1. The number of nitrogens with zero attached hydrogens (tertiary/aromatic N) is 2. The van der Waals surface area contributed by atoms with Crippen LogP contribution >= 0.6 is 0 Å². The Bertz CT molecular complexity index is 340. The molecule has 0 bridgehead atoms. The number of ether oxygens (including phenoxy) is 1. The molecule has 0 saturated carbocycles. The van der Waals surface area contributed by atoms with E-state index >= 15 is 0 Å². The lowest BCUT2D eigenvalue weighted by atomic mass is 10.2. The van der Waals surface area contributed by atoms with Gasteiger partial charge in [0.2, 0.25) is 0 Å². The van der Waals surface area contributed by atoms with Crippen LogP contribution in [0.5, 0.6) is 0 Å². The van der Waals surface area contributed by atoms with Gasteiger partial charge in [0, 0.05) is 12.4 Å². The smallest absolute Gasteiger partial charge is 0.408 e. The molecule has 1 aromatic heterocycles. The normalized spacial score (nSPS) is 21.0. The number of carbonyl (C=O) groups excluding carboxylic acids is 1. The standard InChI is InChI=1S/C8H9N3O2/c1-5-7(10-3-2-9-5)6-4-11-8(12)13-6/h2-3,6H,4H2,1H3,(H,11,12). The summed E-state index contributed by atoms with van der Waals surface area (Å²) in [4.78, 5) is 18.9. The molecule has 1 atom stereocenters. The SMILES string of the molecule is Cc1nccnc1C1CNC(=O)O1. The van der Waals surface area contributed by atoms with Crippen LogP contribution in [0.2, 0.25) is 0 Å². The van der Waals surface area contributed by atoms with Crippen LogP contribution in [-0.4, -0.2) is 22.6 Å². The van der Waals surface area contributed by atoms with Crippen molar-refractivity contribution in [2.75, 3.05) is 6.54 Å². The van der Waals surface area contributed by atoms with Crippen LogP contribution in [0, 0.1) is 6.92 Å². The van der Waals surface area contributed by atoms with Gasteiger partial charge in [-0.3, -0.25) is 9.97 Å². The number of hydrogen-bond donors (Lipinski definition) is 1. The highest BCUT2D eigenvalue weighted by Gasteiger charge is 2.26. The number of rotatable bonds is 1. The topological polar surface area (TPSA) is 64.1 Å². The second kappa shape index (κ2) is 3.01. The third-order valence-corrected chi connectivity index (χ3v) is 1.91. The average Bonchev–Trinajstić information content (AvgIpc) is 2.53. The average molecular weight is 179 g/mol. The summed E-state index contributed by atoms with van der Waals surface area (Å²) in [5, 5.41) is 2.57. The van der Waals surface area contributed by atoms with Gasteiger partial charge in [-0.2, -0.15) is 0 Å². The van der Waals surface area contributed by atoms with E-state index in [2.05, 4.69) is 15.3 Å². The first kappa shape index (κ1) is 7.97. The Hall–Kier alpha value is -1.65. The van der Waals surface area contributed by atoms with Gasteiger partial charge in [0.25, 0.3) is 0 Å². The maximum atomic E-state index is 10.8. The van der Waals surface area contributed by atoms with Crippen molar-refractivity contribution >= 4 is 6.09 Å². The van der Waals surface area contributed by atoms with E-state index in [1.54, 1.807) is 12.4 Å². The lowest BCUT2D eigenvalue weighted by molar-refractivity contribution is 0.138. The van der Waals surface area contributed by atoms with E-state index in [0.29, 0.717) is 6.54 Å². The molecule has 0 aromatic carbocycles. The highest BCUT2D eigenvalue weighted by atomic mass is 16.6. The number of alkyl carbamates (subject to hydrolysis) is 1. The summed E-state index contributed by atoms with van der Waals surface area (Å²) in [5.74, 6) is 0. The molecule has 13 heavy (non-hydrogen) atoms. The van der Waals surface area contributed by atoms with Gasteiger partial charge in [-0.25, -0.2) is 4.79 Å². The van der Waals surface area contributed by atoms with Crippen molar-refractivity contribution < 1.29 is 9.53 Å². The molecule has 1 amide bonds. The number of aromatic nitrogens is 2. The minimum atomic E-state index is -0.393. The van der Waals surface area contributed by atoms with Crippen LogP contribution in [0.3, 0.4) is 0 Å². The maximum absolute atomic E-state index is 10.8. The van der Waals surface area contributed by atoms with Crippen LogP contribution in [0.15, 0.2) is 12.4 Å². The van der Waals surface area contributed by atoms with Gasteiger partial charge in [-0.05, 0) is 6.92 Å². The number of hydrogen-bond acceptors (Lipinski definition) is 4. The molecule has 0 spiro atoms. The molecule has 2 heterocycles. The van der Waals surface area contributed by atoms with E-state index in [-0.39, 0.29) is 6.10 Å². The third-order valence-electron chi connectivity index (χ3n) is 1.91. The quantitative estimate of drug-likeness (QED) is 0.684. The van der Waals surface area contributed by atoms with E-state index < -0.39 is 6.09 Å². The Balaban J connectivity index is 2.26. The number of amides is 1. The number of aryl methyl sites for hydroxylation is 1. The van der Waals surface area contributed by atoms with Crippen LogP contribution in [-0.2, 0) is 4.74 Å². The zero-order valence-electron chi connectivity index (χ0n) is 7.15. The van der Waals surface area contributed by atoms with Crippen molar-refractivity contribution in [2.24, 2.45) is 0 Å². The molecule has 5 heteroatoms. The molecule has 1 aliphatic rings. The van der Waals surface area contributed by atoms with Crippen LogP contribution in [0.1, 0.15) is 17.5 Å². The summed E-state index contributed by atoms with van der Waals surface area (Å²) >= 11 is 0. The summed E-state index contributed by atoms with van der Waals surface area (Å²) in [6.45, 7) is 2.31. The minimum Gasteiger partial charge on any atom is -0.438 e. The lowest BCUT2D eigenvalue weighted by Crippen LogP contribution is -2.13. The second-order valence-corrected chi connectivity index (χ2v) is 2.80. The molecule has 5 nitrogen and oxygen atoms in total. The Labute approximate surface area is 75.1 Å². The summed E-state index contributed by atoms with van der Waals surface area (Å²) in [6.07, 6.45) is 2.52. The highest BCUT2D eigenvalue weighted by molar-refractivity contribution is 5.69. The lowest BCUT2D eigenvalue weighted by Gasteiger charge is -2.07. The van der Waals surface area contributed by atoms with Gasteiger partial charge in [0.15, 0.2) is 6.10 Å². The molecule has 1 unspecified atom stereocenters. The summed E-state index contributed by atoms with van der Waals surface area (Å²) in [7, 11) is 0. The van der Waals surface area contributed by atoms with E-state index in [0.717, 1.165) is 11.4 Å². The van der Waals surface area contributed by atoms with Gasteiger partial charge in [0.1, 0.15) is 5.69 Å². The predicted molar refractivity (Wildman–Crippen MR) is 44.0 cm³/mol. The predicted octanol–water partition coefficient (Wildman–Crippen LogP) is 0.566. The Morgan fingerprint density at radius 3 is 2.92 bits per heavy atom. The molecule has 0 aliphatic carbocycles. The first-order valence-corrected chi connectivity index (χ1v) is 3.99. The first-order valence-electron chi connectivity index (χ1n) is 3.99. The number of nitrogens with one attached hydrogen (secondary N) is 1. The van der Waals surface area contributed by atoms with Crippen LogP contribution < -0.4 is 5.32 Å². The largest absolute Gasteiger partial charge is 0.438 e. The monoisotopic (exact) mass is 179 g/mol. The fraction of sp³-hybridized carbons (Fsp3) is 0.375. The molecule has 1 saturated heterocycles. The molecular weight excluding hydrogens is 170 g/mol. The number of carbonyl (C=O) groups is 1. The van der Waals surface area contributed by atoms with Gasteiger partial charge >= 0.3 is 6.09 Å². The highest BCUT2D eigenvalue weighted by Crippen LogP contribution is 2.19. The van der Waals surface area contributed by atoms with E-state index in [4.69, 9.17) is 4.74 Å². The summed E-state index contributed by atoms with van der Waals surface area (Å²) < 4.78 is 4.98. The van der Waals surface area contributed by atoms with Crippen molar-refractivity contribution in [3.05, 3.63) is 23.8 Å². The van der Waals surface area contributed by atoms with Crippen molar-refractivity contribution in [1.29, 1.82) is 0 Å². The molecule has 1 N–H and O–H groups in total. The maximum Gasteiger partial charge on any atom is 0.408 e. The van der Waals surface area contributed by atoms with Gasteiger partial charge in [0.05, 0.1) is 12.2 Å². The summed E-state index contributed by atoms with van der Waals surface area (Å²) in [6, 6.07) is 0. The van der Waals surface area contributed by atoms with Gasteiger partial charge < -0.3 is 10.1 Å². The fourth-order valence-corrected chi connectivity index (χ4v) is 1.28. The molecule has 2 rings (SSSR count). The van der Waals surface area contributed by atoms with Gasteiger partial charge in [-0.15, -0.1) is 0 Å². The van der Waals surface area contributed by atoms with Gasteiger partial charge in [-0.1, -0.05) is 0 Å². The zero-order valence-corrected chi connectivity index (χ0v) is 7.15. The van der Waals surface area contributed by atoms with Crippen molar-refractivity contribution in [3.8, 4) is 0 Å². The Morgan fingerprint density at radius 1 is 1.54 bits per heavy atom.